The summed E-state index contributed by atoms with van der Waals surface area (Å²) in [6, 6.07) is 6.82. The molecule has 1 fully saturated rings. The molecule has 0 saturated carbocycles. The minimum Gasteiger partial charge on any atom is -0.381 e. The van der Waals surface area contributed by atoms with Gasteiger partial charge in [0.2, 0.25) is 0 Å². The first kappa shape index (κ1) is 22.5. The molecule has 8 heteroatoms. The number of hydrogen-bond donors (Lipinski definition) is 3. The van der Waals surface area contributed by atoms with Crippen molar-refractivity contribution in [3.8, 4) is 0 Å². The molecule has 3 N–H and O–H groups in total. The number of amides is 1. The van der Waals surface area contributed by atoms with E-state index < -0.39 is 0 Å². The van der Waals surface area contributed by atoms with Gasteiger partial charge in [-0.05, 0) is 44.0 Å². The molecular weight excluding hydrogens is 380 g/mol. The zero-order valence-electron chi connectivity index (χ0n) is 16.5. The smallest absolute Gasteiger partial charge is 0.251 e. The van der Waals surface area contributed by atoms with Crippen LogP contribution in [0, 0.1) is 5.92 Å². The van der Waals surface area contributed by atoms with Gasteiger partial charge >= 0.3 is 0 Å². The average molecular weight is 411 g/mol. The number of nitrogens with one attached hydrogen (secondary N) is 3. The van der Waals surface area contributed by atoms with Gasteiger partial charge in [-0.15, -0.1) is 0 Å². The number of benzene rings is 1. The highest BCUT2D eigenvalue weighted by Gasteiger charge is 2.15. The fraction of sp³-hybridized carbons (Fsp3) is 0.600. The maximum absolute atomic E-state index is 12.0. The van der Waals surface area contributed by atoms with Gasteiger partial charge in [0.1, 0.15) is 0 Å². The van der Waals surface area contributed by atoms with Crippen LogP contribution in [0.5, 0.6) is 0 Å². The van der Waals surface area contributed by atoms with Crippen molar-refractivity contribution in [3.05, 3.63) is 34.9 Å². The predicted molar refractivity (Wildman–Crippen MR) is 112 cm³/mol. The van der Waals surface area contributed by atoms with E-state index in [1.165, 1.54) is 0 Å². The van der Waals surface area contributed by atoms with Gasteiger partial charge < -0.3 is 25.4 Å². The summed E-state index contributed by atoms with van der Waals surface area (Å²) in [6.45, 7) is 7.73. The SMILES string of the molecule is CCNC(=NCCCOCC1CCOC1)NCCNC(=O)c1ccc(Cl)cc1. The highest BCUT2D eigenvalue weighted by atomic mass is 35.5. The number of guanidine groups is 1. The van der Waals surface area contributed by atoms with Gasteiger partial charge in [-0.25, -0.2) is 0 Å². The zero-order chi connectivity index (χ0) is 20.0. The first-order valence-corrected chi connectivity index (χ1v) is 10.3. The molecule has 28 heavy (non-hydrogen) atoms. The highest BCUT2D eigenvalue weighted by Crippen LogP contribution is 2.12. The monoisotopic (exact) mass is 410 g/mol. The largest absolute Gasteiger partial charge is 0.381 e. The Labute approximate surface area is 172 Å². The molecule has 156 valence electrons. The van der Waals surface area contributed by atoms with Crippen LogP contribution in [-0.2, 0) is 9.47 Å². The van der Waals surface area contributed by atoms with E-state index in [0.29, 0.717) is 42.7 Å². The highest BCUT2D eigenvalue weighted by molar-refractivity contribution is 6.30. The Morgan fingerprint density at radius 3 is 2.75 bits per heavy atom. The average Bonchev–Trinajstić information content (AvgIpc) is 3.21. The second-order valence-electron chi connectivity index (χ2n) is 6.61. The predicted octanol–water partition coefficient (Wildman–Crippen LogP) is 2.07. The maximum atomic E-state index is 12.0. The lowest BCUT2D eigenvalue weighted by Gasteiger charge is -2.12. The minimum atomic E-state index is -0.120. The number of carbonyl (C=O) groups is 1. The molecule has 1 amide bonds. The molecule has 0 aromatic heterocycles. The van der Waals surface area contributed by atoms with Crippen molar-refractivity contribution in [1.82, 2.24) is 16.0 Å². The summed E-state index contributed by atoms with van der Waals surface area (Å²) in [5.41, 5.74) is 0.592. The van der Waals surface area contributed by atoms with E-state index in [-0.39, 0.29) is 5.91 Å². The Bertz CT molecular complexity index is 604. The third kappa shape index (κ3) is 8.91. The molecule has 1 atom stereocenters. The lowest BCUT2D eigenvalue weighted by molar-refractivity contribution is 0.0893. The van der Waals surface area contributed by atoms with E-state index >= 15 is 0 Å². The van der Waals surface area contributed by atoms with Crippen molar-refractivity contribution in [2.45, 2.75) is 19.8 Å². The zero-order valence-corrected chi connectivity index (χ0v) is 17.3. The lowest BCUT2D eigenvalue weighted by Crippen LogP contribution is -2.41. The second-order valence-corrected chi connectivity index (χ2v) is 7.04. The molecule has 7 nitrogen and oxygen atoms in total. The van der Waals surface area contributed by atoms with Crippen LogP contribution in [0.3, 0.4) is 0 Å². The number of nitrogens with zero attached hydrogens (tertiary/aromatic N) is 1. The van der Waals surface area contributed by atoms with Gasteiger partial charge in [0.25, 0.3) is 5.91 Å². The lowest BCUT2D eigenvalue weighted by atomic mass is 10.1. The molecular formula is C20H31ClN4O3. The van der Waals surface area contributed by atoms with Crippen LogP contribution in [0.4, 0.5) is 0 Å². The second kappa shape index (κ2) is 13.4. The van der Waals surface area contributed by atoms with Gasteiger partial charge in [0.15, 0.2) is 5.96 Å². The fourth-order valence-electron chi connectivity index (χ4n) is 2.72. The molecule has 0 bridgehead atoms. The summed E-state index contributed by atoms with van der Waals surface area (Å²) < 4.78 is 11.0. The number of aliphatic imine (C=N–C) groups is 1. The minimum absolute atomic E-state index is 0.120. The summed E-state index contributed by atoms with van der Waals surface area (Å²) in [7, 11) is 0. The molecule has 0 aliphatic carbocycles. The molecule has 1 unspecified atom stereocenters. The molecule has 1 heterocycles. The van der Waals surface area contributed by atoms with Crippen LogP contribution in [0.1, 0.15) is 30.1 Å². The van der Waals surface area contributed by atoms with Crippen LogP contribution in [0.2, 0.25) is 5.02 Å². The number of ether oxygens (including phenoxy) is 2. The Hall–Kier alpha value is -1.83. The van der Waals surface area contributed by atoms with E-state index in [0.717, 1.165) is 45.2 Å². The number of carbonyl (C=O) groups excluding carboxylic acids is 1. The van der Waals surface area contributed by atoms with Gasteiger partial charge in [0, 0.05) is 55.9 Å². The Morgan fingerprint density at radius 2 is 2.04 bits per heavy atom. The quantitative estimate of drug-likeness (QED) is 0.295. The van der Waals surface area contributed by atoms with Gasteiger partial charge in [-0.1, -0.05) is 11.6 Å². The Balaban J connectivity index is 1.58. The van der Waals surface area contributed by atoms with E-state index in [2.05, 4.69) is 20.9 Å². The van der Waals surface area contributed by atoms with E-state index in [4.69, 9.17) is 21.1 Å². The molecule has 0 radical (unpaired) electrons. The van der Waals surface area contributed by atoms with Crippen molar-refractivity contribution < 1.29 is 14.3 Å². The molecule has 1 aromatic carbocycles. The summed E-state index contributed by atoms with van der Waals surface area (Å²) in [5, 5.41) is 9.90. The molecule has 2 rings (SSSR count). The van der Waals surface area contributed by atoms with E-state index in [1.807, 2.05) is 6.92 Å². The number of halogens is 1. The summed E-state index contributed by atoms with van der Waals surface area (Å²) >= 11 is 5.83. The summed E-state index contributed by atoms with van der Waals surface area (Å²) in [4.78, 5) is 16.6. The van der Waals surface area contributed by atoms with Crippen molar-refractivity contribution in [3.63, 3.8) is 0 Å². The molecule has 1 aromatic rings. The Morgan fingerprint density at radius 1 is 1.25 bits per heavy atom. The van der Waals surface area contributed by atoms with Crippen LogP contribution < -0.4 is 16.0 Å². The number of rotatable bonds is 11. The molecule has 1 aliphatic rings. The van der Waals surface area contributed by atoms with Crippen LogP contribution in [0.15, 0.2) is 29.3 Å². The maximum Gasteiger partial charge on any atom is 0.251 e. The first-order chi connectivity index (χ1) is 13.7. The van der Waals surface area contributed by atoms with Gasteiger partial charge in [-0.3, -0.25) is 9.79 Å². The van der Waals surface area contributed by atoms with Crippen LogP contribution in [-0.4, -0.2) is 64.5 Å². The van der Waals surface area contributed by atoms with Crippen LogP contribution in [0.25, 0.3) is 0 Å². The fourth-order valence-corrected chi connectivity index (χ4v) is 2.85. The van der Waals surface area contributed by atoms with E-state index in [9.17, 15) is 4.79 Å². The van der Waals surface area contributed by atoms with Crippen molar-refractivity contribution in [1.29, 1.82) is 0 Å². The third-order valence-electron chi connectivity index (χ3n) is 4.25. The van der Waals surface area contributed by atoms with Crippen molar-refractivity contribution in [2.24, 2.45) is 10.9 Å². The molecule has 0 spiro atoms. The third-order valence-corrected chi connectivity index (χ3v) is 4.50. The normalized spacial score (nSPS) is 16.8. The van der Waals surface area contributed by atoms with Crippen molar-refractivity contribution >= 4 is 23.5 Å². The summed E-state index contributed by atoms with van der Waals surface area (Å²) in [5.74, 6) is 1.17. The summed E-state index contributed by atoms with van der Waals surface area (Å²) in [6.07, 6.45) is 1.97. The topological polar surface area (TPSA) is 84.0 Å². The number of hydrogen-bond acceptors (Lipinski definition) is 4. The van der Waals surface area contributed by atoms with Gasteiger partial charge in [0.05, 0.1) is 13.2 Å². The first-order valence-electron chi connectivity index (χ1n) is 9.90. The van der Waals surface area contributed by atoms with Crippen LogP contribution >= 0.6 is 11.6 Å². The Kier molecular flexibility index (Phi) is 10.7. The standard InChI is InChI=1S/C20H31ClN4O3/c1-2-22-20(24-9-3-12-27-14-16-8-13-28-15-16)25-11-10-23-19(26)17-4-6-18(21)7-5-17/h4-7,16H,2-3,8-15H2,1H3,(H,23,26)(H2,22,24,25). The van der Waals surface area contributed by atoms with Crippen molar-refractivity contribution in [2.75, 3.05) is 52.6 Å². The molecule has 1 aliphatic heterocycles. The van der Waals surface area contributed by atoms with Gasteiger partial charge in [-0.2, -0.15) is 0 Å². The van der Waals surface area contributed by atoms with E-state index in [1.54, 1.807) is 24.3 Å². The molecule has 1 saturated heterocycles.